The summed E-state index contributed by atoms with van der Waals surface area (Å²) in [4.78, 5) is 15.4. The van der Waals surface area contributed by atoms with Gasteiger partial charge in [-0.25, -0.2) is 19.3 Å². The highest BCUT2D eigenvalue weighted by molar-refractivity contribution is 5.36. The Bertz CT molecular complexity index is 556. The third-order valence-corrected chi connectivity index (χ3v) is 2.61. The molecular formula is C11H17N5O. The number of fused-ring (bicyclic) bond motifs is 1. The van der Waals surface area contributed by atoms with Crippen LogP contribution in [0, 0.1) is 5.92 Å². The third kappa shape index (κ3) is 2.71. The second-order valence-corrected chi connectivity index (χ2v) is 4.73. The normalized spacial score (nSPS) is 13.4. The minimum Gasteiger partial charge on any atom is -0.327 e. The number of aromatic amines is 1. The fourth-order valence-electron chi connectivity index (χ4n) is 1.92. The van der Waals surface area contributed by atoms with E-state index in [0.717, 1.165) is 12.1 Å². The summed E-state index contributed by atoms with van der Waals surface area (Å²) in [6.07, 6.45) is 3.15. The van der Waals surface area contributed by atoms with Gasteiger partial charge in [-0.3, -0.25) is 0 Å². The number of aromatic nitrogens is 4. The first-order valence-electron chi connectivity index (χ1n) is 5.73. The minimum atomic E-state index is -0.273. The van der Waals surface area contributed by atoms with Gasteiger partial charge < -0.3 is 5.73 Å². The van der Waals surface area contributed by atoms with Gasteiger partial charge in [0.25, 0.3) is 0 Å². The number of hydrogen-bond acceptors (Lipinski definition) is 4. The molecule has 3 N–H and O–H groups in total. The predicted molar refractivity (Wildman–Crippen MR) is 64.7 cm³/mol. The Morgan fingerprint density at radius 1 is 1.53 bits per heavy atom. The lowest BCUT2D eigenvalue weighted by atomic mass is 10.0. The quantitative estimate of drug-likeness (QED) is 0.799. The van der Waals surface area contributed by atoms with Crippen molar-refractivity contribution < 1.29 is 0 Å². The van der Waals surface area contributed by atoms with E-state index >= 15 is 0 Å². The number of nitrogens with zero attached hydrogens (tertiary/aromatic N) is 3. The number of H-pyrrole nitrogens is 1. The molecule has 92 valence electrons. The number of hydrogen-bond donors (Lipinski definition) is 2. The Balaban J connectivity index is 2.16. The summed E-state index contributed by atoms with van der Waals surface area (Å²) in [5.41, 5.74) is 7.19. The van der Waals surface area contributed by atoms with E-state index in [1.165, 1.54) is 10.7 Å². The van der Waals surface area contributed by atoms with Crippen LogP contribution < -0.4 is 11.4 Å². The van der Waals surface area contributed by atoms with Crippen molar-refractivity contribution in [3.05, 3.63) is 28.6 Å². The molecule has 6 heteroatoms. The Kier molecular flexibility index (Phi) is 3.23. The third-order valence-electron chi connectivity index (χ3n) is 2.61. The van der Waals surface area contributed by atoms with Crippen LogP contribution in [0.15, 0.2) is 17.2 Å². The van der Waals surface area contributed by atoms with Gasteiger partial charge in [0.1, 0.15) is 6.33 Å². The molecule has 6 nitrogen and oxygen atoms in total. The average Bonchev–Trinajstić information content (AvgIpc) is 2.58. The van der Waals surface area contributed by atoms with Gasteiger partial charge >= 0.3 is 5.69 Å². The molecule has 0 saturated carbocycles. The Hall–Kier alpha value is -1.69. The first kappa shape index (κ1) is 11.8. The molecule has 0 aliphatic heterocycles. The molecule has 0 fully saturated rings. The van der Waals surface area contributed by atoms with Gasteiger partial charge in [-0.1, -0.05) is 13.8 Å². The van der Waals surface area contributed by atoms with Crippen molar-refractivity contribution in [1.29, 1.82) is 0 Å². The number of rotatable bonds is 4. The average molecular weight is 235 g/mol. The van der Waals surface area contributed by atoms with Gasteiger partial charge in [-0.2, -0.15) is 5.10 Å². The first-order valence-corrected chi connectivity index (χ1v) is 5.73. The van der Waals surface area contributed by atoms with Gasteiger partial charge in [0.05, 0.1) is 0 Å². The topological polar surface area (TPSA) is 89.1 Å². The predicted octanol–water partition coefficient (Wildman–Crippen LogP) is 0.334. The molecule has 1 atom stereocenters. The van der Waals surface area contributed by atoms with E-state index in [1.54, 1.807) is 6.07 Å². The van der Waals surface area contributed by atoms with E-state index in [0.29, 0.717) is 18.0 Å². The molecular weight excluding hydrogens is 218 g/mol. The Morgan fingerprint density at radius 2 is 2.29 bits per heavy atom. The number of nitrogens with two attached hydrogens (primary N) is 1. The standard InChI is InChI=1S/C11H17N5O/c1-7(2)3-8(12)4-9-5-10-14-15-11(17)16(10)6-13-9/h5-8H,3-4,12H2,1-2H3,(H,15,17). The molecule has 0 aliphatic carbocycles. The fraction of sp³-hybridized carbons (Fsp3) is 0.545. The van der Waals surface area contributed by atoms with Crippen LogP contribution in [-0.4, -0.2) is 25.6 Å². The molecule has 2 aromatic heterocycles. The summed E-state index contributed by atoms with van der Waals surface area (Å²) in [7, 11) is 0. The Labute approximate surface area is 98.9 Å². The summed E-state index contributed by atoms with van der Waals surface area (Å²) in [5, 5.41) is 6.27. The highest BCUT2D eigenvalue weighted by atomic mass is 16.1. The van der Waals surface area contributed by atoms with Crippen molar-refractivity contribution in [3.8, 4) is 0 Å². The summed E-state index contributed by atoms with van der Waals surface area (Å²) >= 11 is 0. The molecule has 0 saturated heterocycles. The van der Waals surface area contributed by atoms with Crippen LogP contribution in [0.5, 0.6) is 0 Å². The monoisotopic (exact) mass is 235 g/mol. The van der Waals surface area contributed by atoms with Crippen molar-refractivity contribution in [2.24, 2.45) is 11.7 Å². The fourth-order valence-corrected chi connectivity index (χ4v) is 1.92. The van der Waals surface area contributed by atoms with Gasteiger partial charge in [0.15, 0.2) is 5.65 Å². The van der Waals surface area contributed by atoms with Crippen LogP contribution in [-0.2, 0) is 6.42 Å². The van der Waals surface area contributed by atoms with E-state index in [-0.39, 0.29) is 11.7 Å². The molecule has 0 amide bonds. The lowest BCUT2D eigenvalue weighted by Gasteiger charge is -2.13. The SMILES string of the molecule is CC(C)CC(N)Cc1cc2n[nH]c(=O)n2cn1. The van der Waals surface area contributed by atoms with Crippen molar-refractivity contribution in [1.82, 2.24) is 19.6 Å². The van der Waals surface area contributed by atoms with E-state index in [4.69, 9.17) is 5.73 Å². The first-order chi connectivity index (χ1) is 8.06. The van der Waals surface area contributed by atoms with E-state index in [1.807, 2.05) is 0 Å². The van der Waals surface area contributed by atoms with Gasteiger partial charge in [-0.05, 0) is 12.3 Å². The van der Waals surface area contributed by atoms with Gasteiger partial charge in [0, 0.05) is 24.2 Å². The zero-order valence-corrected chi connectivity index (χ0v) is 10.1. The maximum atomic E-state index is 11.2. The maximum absolute atomic E-state index is 11.2. The van der Waals surface area contributed by atoms with Gasteiger partial charge in [0.2, 0.25) is 0 Å². The van der Waals surface area contributed by atoms with Crippen molar-refractivity contribution >= 4 is 5.65 Å². The van der Waals surface area contributed by atoms with Crippen LogP contribution in [0.25, 0.3) is 5.65 Å². The highest BCUT2D eigenvalue weighted by Gasteiger charge is 2.09. The molecule has 0 aliphatic rings. The van der Waals surface area contributed by atoms with E-state index in [9.17, 15) is 4.79 Å². The van der Waals surface area contributed by atoms with Crippen LogP contribution in [0.2, 0.25) is 0 Å². The second-order valence-electron chi connectivity index (χ2n) is 4.73. The molecule has 2 heterocycles. The maximum Gasteiger partial charge on any atom is 0.348 e. The largest absolute Gasteiger partial charge is 0.348 e. The number of nitrogens with one attached hydrogen (secondary N) is 1. The molecule has 0 bridgehead atoms. The van der Waals surface area contributed by atoms with Crippen molar-refractivity contribution in [2.45, 2.75) is 32.7 Å². The summed E-state index contributed by atoms with van der Waals surface area (Å²) < 4.78 is 1.37. The van der Waals surface area contributed by atoms with E-state index in [2.05, 4.69) is 29.0 Å². The summed E-state index contributed by atoms with van der Waals surface area (Å²) in [6, 6.07) is 1.88. The highest BCUT2D eigenvalue weighted by Crippen LogP contribution is 2.08. The van der Waals surface area contributed by atoms with Crippen molar-refractivity contribution in [3.63, 3.8) is 0 Å². The summed E-state index contributed by atoms with van der Waals surface area (Å²) in [6.45, 7) is 4.29. The Morgan fingerprint density at radius 3 is 3.00 bits per heavy atom. The lowest BCUT2D eigenvalue weighted by Crippen LogP contribution is -2.25. The smallest absolute Gasteiger partial charge is 0.327 e. The molecule has 0 radical (unpaired) electrons. The zero-order valence-electron chi connectivity index (χ0n) is 10.1. The van der Waals surface area contributed by atoms with E-state index < -0.39 is 0 Å². The molecule has 0 spiro atoms. The lowest BCUT2D eigenvalue weighted by molar-refractivity contribution is 0.490. The second kappa shape index (κ2) is 4.67. The van der Waals surface area contributed by atoms with Crippen LogP contribution in [0.4, 0.5) is 0 Å². The molecule has 2 rings (SSSR count). The molecule has 17 heavy (non-hydrogen) atoms. The molecule has 0 aromatic carbocycles. The zero-order chi connectivity index (χ0) is 12.4. The minimum absolute atomic E-state index is 0.0932. The van der Waals surface area contributed by atoms with Crippen LogP contribution in [0.3, 0.4) is 0 Å². The summed E-state index contributed by atoms with van der Waals surface area (Å²) in [5.74, 6) is 0.571. The molecule has 1 unspecified atom stereocenters. The van der Waals surface area contributed by atoms with Crippen molar-refractivity contribution in [2.75, 3.05) is 0 Å². The molecule has 2 aromatic rings. The van der Waals surface area contributed by atoms with Crippen LogP contribution in [0.1, 0.15) is 26.0 Å². The van der Waals surface area contributed by atoms with Crippen LogP contribution >= 0.6 is 0 Å². The van der Waals surface area contributed by atoms with Gasteiger partial charge in [-0.15, -0.1) is 0 Å².